The van der Waals surface area contributed by atoms with E-state index in [0.717, 1.165) is 16.9 Å². The van der Waals surface area contributed by atoms with Crippen LogP contribution in [-0.2, 0) is 16.0 Å². The van der Waals surface area contributed by atoms with Gasteiger partial charge in [0, 0.05) is 12.0 Å². The number of rotatable bonds is 5. The van der Waals surface area contributed by atoms with Gasteiger partial charge in [-0.3, -0.25) is 0 Å². The van der Waals surface area contributed by atoms with Crippen LogP contribution >= 0.6 is 0 Å². The van der Waals surface area contributed by atoms with Gasteiger partial charge in [-0.15, -0.1) is 0 Å². The molecule has 2 aromatic rings. The molecule has 2 rings (SSSR count). The molecular weight excluding hydrogens is 264 g/mol. The predicted octanol–water partition coefficient (Wildman–Crippen LogP) is 3.49. The van der Waals surface area contributed by atoms with Crippen molar-refractivity contribution in [3.8, 4) is 5.75 Å². The van der Waals surface area contributed by atoms with Gasteiger partial charge >= 0.3 is 5.97 Å². The number of benzene rings is 2. The van der Waals surface area contributed by atoms with Crippen molar-refractivity contribution >= 4 is 12.0 Å². The zero-order valence-electron chi connectivity index (χ0n) is 12.2. The summed E-state index contributed by atoms with van der Waals surface area (Å²) in [6, 6.07) is 17.4. The number of ether oxygens (including phenoxy) is 2. The standard InChI is InChI=1S/C18H18O3/c1-20-17-10-8-15(9-11-17)13-16(18(19)21-2)12-14-6-4-3-5-7-14/h3-11,13H,12H2,1-2H3. The molecule has 2 aromatic carbocycles. The second-order valence-corrected chi connectivity index (χ2v) is 4.60. The average Bonchev–Trinajstić information content (AvgIpc) is 2.55. The Bertz CT molecular complexity index is 613. The molecule has 0 spiro atoms. The van der Waals surface area contributed by atoms with E-state index in [1.165, 1.54) is 7.11 Å². The second-order valence-electron chi connectivity index (χ2n) is 4.60. The highest BCUT2D eigenvalue weighted by atomic mass is 16.5. The summed E-state index contributed by atoms with van der Waals surface area (Å²) in [6.45, 7) is 0. The van der Waals surface area contributed by atoms with Gasteiger partial charge in [-0.25, -0.2) is 4.79 Å². The highest BCUT2D eigenvalue weighted by molar-refractivity contribution is 5.94. The fraction of sp³-hybridized carbons (Fsp3) is 0.167. The van der Waals surface area contributed by atoms with Crippen molar-refractivity contribution < 1.29 is 14.3 Å². The Kier molecular flexibility index (Phi) is 5.16. The second kappa shape index (κ2) is 7.29. The lowest BCUT2D eigenvalue weighted by atomic mass is 10.0. The van der Waals surface area contributed by atoms with Crippen LogP contribution in [0.2, 0.25) is 0 Å². The fourth-order valence-electron chi connectivity index (χ4n) is 2.03. The van der Waals surface area contributed by atoms with E-state index in [4.69, 9.17) is 9.47 Å². The highest BCUT2D eigenvalue weighted by Gasteiger charge is 2.10. The topological polar surface area (TPSA) is 35.5 Å². The molecule has 0 radical (unpaired) electrons. The molecule has 0 aliphatic heterocycles. The summed E-state index contributed by atoms with van der Waals surface area (Å²) < 4.78 is 10.00. The SMILES string of the molecule is COC(=O)C(=Cc1ccc(OC)cc1)Cc1ccccc1. The summed E-state index contributed by atoms with van der Waals surface area (Å²) in [6.07, 6.45) is 2.39. The summed E-state index contributed by atoms with van der Waals surface area (Å²) in [5, 5.41) is 0. The molecule has 0 heterocycles. The molecule has 0 unspecified atom stereocenters. The summed E-state index contributed by atoms with van der Waals surface area (Å²) in [4.78, 5) is 11.9. The Morgan fingerprint density at radius 1 is 1.00 bits per heavy atom. The molecule has 108 valence electrons. The van der Waals surface area contributed by atoms with Crippen molar-refractivity contribution in [3.05, 3.63) is 71.3 Å². The van der Waals surface area contributed by atoms with Gasteiger partial charge in [0.05, 0.1) is 14.2 Å². The van der Waals surface area contributed by atoms with Crippen LogP contribution in [0.15, 0.2) is 60.2 Å². The zero-order valence-corrected chi connectivity index (χ0v) is 12.2. The van der Waals surface area contributed by atoms with Gasteiger partial charge in [0.1, 0.15) is 5.75 Å². The first kappa shape index (κ1) is 14.9. The van der Waals surface area contributed by atoms with Gasteiger partial charge in [0.25, 0.3) is 0 Å². The van der Waals surface area contributed by atoms with Crippen molar-refractivity contribution in [2.75, 3.05) is 14.2 Å². The lowest BCUT2D eigenvalue weighted by Crippen LogP contribution is -2.07. The molecule has 0 aromatic heterocycles. The van der Waals surface area contributed by atoms with Crippen molar-refractivity contribution in [3.63, 3.8) is 0 Å². The fourth-order valence-corrected chi connectivity index (χ4v) is 2.03. The summed E-state index contributed by atoms with van der Waals surface area (Å²) >= 11 is 0. The summed E-state index contributed by atoms with van der Waals surface area (Å²) in [7, 11) is 3.02. The first-order valence-electron chi connectivity index (χ1n) is 6.70. The Balaban J connectivity index is 2.26. The van der Waals surface area contributed by atoms with E-state index in [1.807, 2.05) is 60.7 Å². The normalized spacial score (nSPS) is 11.0. The van der Waals surface area contributed by atoms with E-state index >= 15 is 0 Å². The molecule has 0 saturated carbocycles. The summed E-state index contributed by atoms with van der Waals surface area (Å²) in [5.41, 5.74) is 2.63. The predicted molar refractivity (Wildman–Crippen MR) is 83.1 cm³/mol. The Morgan fingerprint density at radius 3 is 2.24 bits per heavy atom. The Hall–Kier alpha value is -2.55. The van der Waals surface area contributed by atoms with Gasteiger partial charge in [-0.2, -0.15) is 0 Å². The van der Waals surface area contributed by atoms with Gasteiger partial charge in [0.15, 0.2) is 0 Å². The Labute approximate surface area is 124 Å². The molecule has 0 aliphatic carbocycles. The van der Waals surface area contributed by atoms with E-state index in [2.05, 4.69) is 0 Å². The minimum atomic E-state index is -0.310. The van der Waals surface area contributed by atoms with Crippen LogP contribution in [0.4, 0.5) is 0 Å². The average molecular weight is 282 g/mol. The quantitative estimate of drug-likeness (QED) is 0.622. The van der Waals surface area contributed by atoms with E-state index in [-0.39, 0.29) is 5.97 Å². The van der Waals surface area contributed by atoms with E-state index in [1.54, 1.807) is 7.11 Å². The largest absolute Gasteiger partial charge is 0.497 e. The molecule has 0 amide bonds. The number of carbonyl (C=O) groups excluding carboxylic acids is 1. The van der Waals surface area contributed by atoms with Crippen LogP contribution in [0.5, 0.6) is 5.75 Å². The third-order valence-corrected chi connectivity index (χ3v) is 3.14. The monoisotopic (exact) mass is 282 g/mol. The van der Waals surface area contributed by atoms with Crippen LogP contribution in [0, 0.1) is 0 Å². The van der Waals surface area contributed by atoms with Crippen LogP contribution in [-0.4, -0.2) is 20.2 Å². The lowest BCUT2D eigenvalue weighted by molar-refractivity contribution is -0.136. The van der Waals surface area contributed by atoms with Crippen LogP contribution < -0.4 is 4.74 Å². The highest BCUT2D eigenvalue weighted by Crippen LogP contribution is 2.17. The molecule has 0 saturated heterocycles. The number of hydrogen-bond donors (Lipinski definition) is 0. The molecule has 0 atom stereocenters. The van der Waals surface area contributed by atoms with Gasteiger partial charge in [0.2, 0.25) is 0 Å². The van der Waals surface area contributed by atoms with Crippen molar-refractivity contribution in [1.82, 2.24) is 0 Å². The van der Waals surface area contributed by atoms with E-state index in [0.29, 0.717) is 12.0 Å². The molecule has 3 nitrogen and oxygen atoms in total. The Morgan fingerprint density at radius 2 is 1.67 bits per heavy atom. The number of carbonyl (C=O) groups is 1. The van der Waals surface area contributed by atoms with Crippen LogP contribution in [0.25, 0.3) is 6.08 Å². The molecule has 0 fully saturated rings. The number of esters is 1. The lowest BCUT2D eigenvalue weighted by Gasteiger charge is -2.06. The minimum absolute atomic E-state index is 0.310. The van der Waals surface area contributed by atoms with Crippen LogP contribution in [0.1, 0.15) is 11.1 Å². The molecular formula is C18H18O3. The summed E-state index contributed by atoms with van der Waals surface area (Å²) in [5.74, 6) is 0.476. The van der Waals surface area contributed by atoms with E-state index < -0.39 is 0 Å². The molecule has 0 aliphatic rings. The first-order chi connectivity index (χ1) is 10.2. The number of methoxy groups -OCH3 is 2. The van der Waals surface area contributed by atoms with Crippen LogP contribution in [0.3, 0.4) is 0 Å². The first-order valence-corrected chi connectivity index (χ1v) is 6.70. The third kappa shape index (κ3) is 4.21. The molecule has 21 heavy (non-hydrogen) atoms. The van der Waals surface area contributed by atoms with Gasteiger partial charge in [-0.1, -0.05) is 42.5 Å². The maximum atomic E-state index is 11.9. The smallest absolute Gasteiger partial charge is 0.334 e. The van der Waals surface area contributed by atoms with Gasteiger partial charge < -0.3 is 9.47 Å². The van der Waals surface area contributed by atoms with E-state index in [9.17, 15) is 4.79 Å². The maximum absolute atomic E-state index is 11.9. The van der Waals surface area contributed by atoms with Crippen molar-refractivity contribution in [2.24, 2.45) is 0 Å². The minimum Gasteiger partial charge on any atom is -0.497 e. The number of hydrogen-bond acceptors (Lipinski definition) is 3. The maximum Gasteiger partial charge on any atom is 0.334 e. The third-order valence-electron chi connectivity index (χ3n) is 3.14. The van der Waals surface area contributed by atoms with Crippen molar-refractivity contribution in [2.45, 2.75) is 6.42 Å². The van der Waals surface area contributed by atoms with Crippen molar-refractivity contribution in [1.29, 1.82) is 0 Å². The molecule has 0 bridgehead atoms. The zero-order chi connectivity index (χ0) is 15.1. The van der Waals surface area contributed by atoms with Gasteiger partial charge in [-0.05, 0) is 29.3 Å². The molecule has 0 N–H and O–H groups in total. The molecule has 3 heteroatoms.